The molecule has 0 aromatic carbocycles. The van der Waals surface area contributed by atoms with Crippen LogP contribution in [0.2, 0.25) is 0 Å². The Hall–Kier alpha value is -1.32. The van der Waals surface area contributed by atoms with E-state index < -0.39 is 10.4 Å². The van der Waals surface area contributed by atoms with Gasteiger partial charge in [-0.1, -0.05) is 0 Å². The molecule has 1 aromatic rings. The molecule has 0 spiro atoms. The molecule has 0 unspecified atom stereocenters. The van der Waals surface area contributed by atoms with Gasteiger partial charge in [-0.3, -0.25) is 9.11 Å². The Balaban J connectivity index is 0.000000252. The first-order valence-corrected chi connectivity index (χ1v) is 4.27. The Bertz CT molecular complexity index is 342. The van der Waals surface area contributed by atoms with E-state index in [-0.39, 0.29) is 5.88 Å². The van der Waals surface area contributed by atoms with Gasteiger partial charge in [-0.2, -0.15) is 13.4 Å². The van der Waals surface area contributed by atoms with Gasteiger partial charge in [-0.25, -0.2) is 0 Å². The lowest BCUT2D eigenvalue weighted by Crippen LogP contribution is -1.94. The summed E-state index contributed by atoms with van der Waals surface area (Å²) in [7, 11) is -2.96. The number of hydrogen-bond donors (Lipinski definition) is 4. The second-order valence-corrected chi connectivity index (χ2v) is 2.91. The molecule has 1 aromatic heterocycles. The number of aromatic nitrogens is 2. The molecule has 0 aliphatic rings. The van der Waals surface area contributed by atoms with Crippen LogP contribution < -0.4 is 5.73 Å². The topological polar surface area (TPSA) is 139 Å². The van der Waals surface area contributed by atoms with Crippen molar-refractivity contribution >= 4 is 16.3 Å². The number of imidazole rings is 1. The maximum Gasteiger partial charge on any atom is 0.394 e. The third-order valence-electron chi connectivity index (χ3n) is 0.900. The Morgan fingerprint density at radius 3 is 2.00 bits per heavy atom. The highest BCUT2D eigenvalue weighted by Crippen LogP contribution is 2.06. The number of nitrogens with two attached hydrogens (primary N) is 1. The molecule has 0 fully saturated rings. The molecular weight excluding hydrogens is 202 g/mol. The molecule has 0 saturated carbocycles. The number of rotatable bonds is 0. The molecule has 0 aliphatic carbocycles. The predicted octanol–water partition coefficient (Wildman–Crippen LogP) is -0.945. The van der Waals surface area contributed by atoms with E-state index in [9.17, 15) is 0 Å². The lowest BCUT2D eigenvalue weighted by atomic mass is 10.8. The summed E-state index contributed by atoms with van der Waals surface area (Å²) in [6.45, 7) is 0. The van der Waals surface area contributed by atoms with Crippen LogP contribution in [-0.4, -0.2) is 32.2 Å². The van der Waals surface area contributed by atoms with E-state index in [0.29, 0.717) is 5.95 Å². The van der Waals surface area contributed by atoms with Crippen LogP contribution in [0.1, 0.15) is 0 Å². The van der Waals surface area contributed by atoms with Crippen molar-refractivity contribution in [1.29, 1.82) is 0 Å². The lowest BCUT2D eigenvalue weighted by molar-refractivity contribution is 0.381. The van der Waals surface area contributed by atoms with E-state index in [1.807, 2.05) is 0 Å². The molecule has 0 radical (unpaired) electrons. The van der Waals surface area contributed by atoms with Crippen LogP contribution in [-0.2, 0) is 17.4 Å². The summed E-state index contributed by atoms with van der Waals surface area (Å²) in [5.74, 6) is 0.285. The number of aryl methyl sites for hydroxylation is 1. The summed E-state index contributed by atoms with van der Waals surface area (Å²) >= 11 is 0. The van der Waals surface area contributed by atoms with Crippen LogP contribution >= 0.6 is 0 Å². The van der Waals surface area contributed by atoms with E-state index in [2.05, 4.69) is 4.98 Å². The van der Waals surface area contributed by atoms with Gasteiger partial charge in [-0.15, -0.1) is 0 Å². The monoisotopic (exact) mass is 211 g/mol. The summed E-state index contributed by atoms with van der Waals surface area (Å²) in [4.78, 5) is 3.51. The highest BCUT2D eigenvalue weighted by Gasteiger charge is 1.95. The fraction of sp³-hybridized carbons (Fsp3) is 0.250. The molecular formula is C4H9N3O5S. The Morgan fingerprint density at radius 2 is 1.92 bits per heavy atom. The van der Waals surface area contributed by atoms with Crippen molar-refractivity contribution in [1.82, 2.24) is 9.55 Å². The highest BCUT2D eigenvalue weighted by atomic mass is 32.3. The van der Waals surface area contributed by atoms with Gasteiger partial charge in [0.15, 0.2) is 0 Å². The number of hydrogen-bond acceptors (Lipinski definition) is 5. The van der Waals surface area contributed by atoms with E-state index >= 15 is 0 Å². The van der Waals surface area contributed by atoms with Crippen molar-refractivity contribution in [2.45, 2.75) is 0 Å². The molecule has 9 heteroatoms. The average Bonchev–Trinajstić information content (AvgIpc) is 2.05. The van der Waals surface area contributed by atoms with E-state index in [1.54, 1.807) is 7.05 Å². The fourth-order valence-corrected chi connectivity index (χ4v) is 0.464. The van der Waals surface area contributed by atoms with Crippen LogP contribution in [0.15, 0.2) is 6.20 Å². The molecule has 0 aliphatic heterocycles. The van der Waals surface area contributed by atoms with E-state index in [0.717, 1.165) is 0 Å². The van der Waals surface area contributed by atoms with Crippen LogP contribution in [0.4, 0.5) is 5.95 Å². The summed E-state index contributed by atoms with van der Waals surface area (Å²) in [5.41, 5.74) is 5.23. The second kappa shape index (κ2) is 4.07. The second-order valence-electron chi connectivity index (χ2n) is 2.02. The van der Waals surface area contributed by atoms with Crippen molar-refractivity contribution in [3.63, 3.8) is 0 Å². The molecule has 0 atom stereocenters. The zero-order valence-corrected chi connectivity index (χ0v) is 7.43. The maximum absolute atomic E-state index is 8.74. The number of nitrogen functional groups attached to an aromatic ring is 1. The van der Waals surface area contributed by atoms with Crippen molar-refractivity contribution in [3.05, 3.63) is 6.20 Å². The fourth-order valence-electron chi connectivity index (χ4n) is 0.464. The first-order chi connectivity index (χ1) is 5.70. The van der Waals surface area contributed by atoms with Gasteiger partial charge < -0.3 is 15.4 Å². The minimum Gasteiger partial charge on any atom is -0.492 e. The number of anilines is 1. The first kappa shape index (κ1) is 11.7. The summed E-state index contributed by atoms with van der Waals surface area (Å²) in [6.07, 6.45) is 1.44. The summed E-state index contributed by atoms with van der Waals surface area (Å²) < 4.78 is 33.1. The van der Waals surface area contributed by atoms with E-state index in [1.165, 1.54) is 10.8 Å². The standard InChI is InChI=1S/C4H7N3O.H2O4S/c1-7-2-3(8)6-4(7)5;1-5(2,3)4/h2,8H,1H3,(H2,5,6);(H2,1,2,3,4). The van der Waals surface area contributed by atoms with Gasteiger partial charge in [0.1, 0.15) is 0 Å². The quantitative estimate of drug-likeness (QED) is 0.406. The summed E-state index contributed by atoms with van der Waals surface area (Å²) in [5, 5.41) is 8.62. The van der Waals surface area contributed by atoms with Crippen LogP contribution in [0.5, 0.6) is 5.88 Å². The van der Waals surface area contributed by atoms with Gasteiger partial charge in [0.05, 0.1) is 6.20 Å². The Morgan fingerprint density at radius 1 is 1.54 bits per heavy atom. The zero-order valence-electron chi connectivity index (χ0n) is 6.62. The van der Waals surface area contributed by atoms with Crippen molar-refractivity contribution in [2.75, 3.05) is 5.73 Å². The van der Waals surface area contributed by atoms with Crippen LogP contribution in [0.3, 0.4) is 0 Å². The molecule has 0 bridgehead atoms. The third-order valence-corrected chi connectivity index (χ3v) is 0.900. The van der Waals surface area contributed by atoms with Gasteiger partial charge in [0.2, 0.25) is 11.8 Å². The first-order valence-electron chi connectivity index (χ1n) is 2.88. The van der Waals surface area contributed by atoms with E-state index in [4.69, 9.17) is 28.4 Å². The largest absolute Gasteiger partial charge is 0.492 e. The minimum absolute atomic E-state index is 0.0370. The molecule has 8 nitrogen and oxygen atoms in total. The Labute approximate surface area is 74.2 Å². The minimum atomic E-state index is -4.67. The average molecular weight is 211 g/mol. The molecule has 76 valence electrons. The van der Waals surface area contributed by atoms with Crippen molar-refractivity contribution in [3.8, 4) is 5.88 Å². The van der Waals surface area contributed by atoms with Crippen LogP contribution in [0.25, 0.3) is 0 Å². The van der Waals surface area contributed by atoms with Gasteiger partial charge in [0.25, 0.3) is 0 Å². The SMILES string of the molecule is Cn1cc(O)nc1N.O=S(=O)(O)O. The molecule has 1 heterocycles. The third kappa shape index (κ3) is 7.05. The molecule has 1 rings (SSSR count). The molecule has 0 saturated heterocycles. The summed E-state index contributed by atoms with van der Waals surface area (Å²) in [6, 6.07) is 0. The predicted molar refractivity (Wildman–Crippen MR) is 43.5 cm³/mol. The molecule has 5 N–H and O–H groups in total. The smallest absolute Gasteiger partial charge is 0.394 e. The normalized spacial score (nSPS) is 10.4. The van der Waals surface area contributed by atoms with Gasteiger partial charge >= 0.3 is 10.4 Å². The lowest BCUT2D eigenvalue weighted by Gasteiger charge is -1.86. The molecule has 0 amide bonds. The zero-order chi connectivity index (χ0) is 10.6. The van der Waals surface area contributed by atoms with Gasteiger partial charge in [0, 0.05) is 7.05 Å². The van der Waals surface area contributed by atoms with Crippen molar-refractivity contribution < 1.29 is 22.6 Å². The number of nitrogens with zero attached hydrogens (tertiary/aromatic N) is 2. The maximum atomic E-state index is 8.74. The van der Waals surface area contributed by atoms with Crippen LogP contribution in [0, 0.1) is 0 Å². The number of aromatic hydroxyl groups is 1. The highest BCUT2D eigenvalue weighted by molar-refractivity contribution is 7.79. The Kier molecular flexibility index (Phi) is 3.66. The van der Waals surface area contributed by atoms with Crippen molar-refractivity contribution in [2.24, 2.45) is 7.05 Å². The van der Waals surface area contributed by atoms with Gasteiger partial charge in [-0.05, 0) is 0 Å². The molecule has 13 heavy (non-hydrogen) atoms.